The second-order valence-electron chi connectivity index (χ2n) is 5.10. The molecule has 0 aliphatic carbocycles. The second-order valence-corrected chi connectivity index (χ2v) is 5.10. The maximum absolute atomic E-state index is 13.0. The van der Waals surface area contributed by atoms with Crippen molar-refractivity contribution in [3.8, 4) is 28.8 Å². The predicted octanol–water partition coefficient (Wildman–Crippen LogP) is 3.92. The molecule has 3 aromatic rings. The number of aromatic amines is 1. The summed E-state index contributed by atoms with van der Waals surface area (Å²) in [6.45, 7) is 0. The van der Waals surface area contributed by atoms with Gasteiger partial charge in [-0.2, -0.15) is 4.98 Å². The van der Waals surface area contributed by atoms with Gasteiger partial charge >= 0.3 is 0 Å². The SMILES string of the molecule is COc1cccc2c1Oc1nc(-c3ccc(F)cc3)[nH]c1C2. The normalized spacial score (nSPS) is 12.3. The molecule has 1 aliphatic heterocycles. The van der Waals surface area contributed by atoms with Gasteiger partial charge in [-0.3, -0.25) is 0 Å². The summed E-state index contributed by atoms with van der Waals surface area (Å²) < 4.78 is 24.2. The Hall–Kier alpha value is -2.82. The van der Waals surface area contributed by atoms with E-state index in [4.69, 9.17) is 9.47 Å². The molecule has 0 atom stereocenters. The number of halogens is 1. The molecule has 2 heterocycles. The molecular weight excluding hydrogens is 283 g/mol. The van der Waals surface area contributed by atoms with E-state index in [9.17, 15) is 4.39 Å². The van der Waals surface area contributed by atoms with E-state index in [-0.39, 0.29) is 5.82 Å². The van der Waals surface area contributed by atoms with E-state index < -0.39 is 0 Å². The molecule has 4 rings (SSSR count). The number of fused-ring (bicyclic) bond motifs is 2. The molecule has 0 saturated heterocycles. The fraction of sp³-hybridized carbons (Fsp3) is 0.118. The number of hydrogen-bond acceptors (Lipinski definition) is 3. The lowest BCUT2D eigenvalue weighted by atomic mass is 10.1. The van der Waals surface area contributed by atoms with E-state index in [2.05, 4.69) is 9.97 Å². The van der Waals surface area contributed by atoms with E-state index in [1.54, 1.807) is 19.2 Å². The fourth-order valence-corrected chi connectivity index (χ4v) is 2.61. The van der Waals surface area contributed by atoms with Crippen LogP contribution in [0, 0.1) is 5.82 Å². The first-order chi connectivity index (χ1) is 10.7. The molecular formula is C17H13FN2O2. The summed E-state index contributed by atoms with van der Waals surface area (Å²) in [6, 6.07) is 12.0. The lowest BCUT2D eigenvalue weighted by Gasteiger charge is -2.17. The van der Waals surface area contributed by atoms with Crippen molar-refractivity contribution in [3.05, 3.63) is 59.5 Å². The molecule has 5 heteroatoms. The summed E-state index contributed by atoms with van der Waals surface area (Å²) in [4.78, 5) is 7.72. The van der Waals surface area contributed by atoms with E-state index in [1.807, 2.05) is 18.2 Å². The second kappa shape index (κ2) is 4.87. The van der Waals surface area contributed by atoms with Gasteiger partial charge in [0.05, 0.1) is 12.8 Å². The molecule has 0 bridgehead atoms. The number of benzene rings is 2. The highest BCUT2D eigenvalue weighted by Crippen LogP contribution is 2.41. The van der Waals surface area contributed by atoms with Gasteiger partial charge in [-0.15, -0.1) is 0 Å². The number of H-pyrrole nitrogens is 1. The summed E-state index contributed by atoms with van der Waals surface area (Å²) >= 11 is 0. The standard InChI is InChI=1S/C17H13FN2O2/c1-21-14-4-2-3-11-9-13-17(22-15(11)14)20-16(19-13)10-5-7-12(18)8-6-10/h2-8H,9H2,1H3,(H,19,20). The number of rotatable bonds is 2. The van der Waals surface area contributed by atoms with Gasteiger partial charge in [0.2, 0.25) is 5.88 Å². The number of hydrogen-bond donors (Lipinski definition) is 1. The van der Waals surface area contributed by atoms with Gasteiger partial charge in [0.15, 0.2) is 11.5 Å². The molecule has 0 unspecified atom stereocenters. The van der Waals surface area contributed by atoms with Gasteiger partial charge in [-0.1, -0.05) is 12.1 Å². The van der Waals surface area contributed by atoms with E-state index in [0.29, 0.717) is 29.6 Å². The average Bonchev–Trinajstić information content (AvgIpc) is 2.95. The highest BCUT2D eigenvalue weighted by Gasteiger charge is 2.24. The smallest absolute Gasteiger partial charge is 0.241 e. The third kappa shape index (κ3) is 2.02. The molecule has 1 aromatic heterocycles. The molecule has 0 amide bonds. The molecule has 0 spiro atoms. The lowest BCUT2D eigenvalue weighted by Crippen LogP contribution is -2.04. The number of imidazole rings is 1. The van der Waals surface area contributed by atoms with Crippen LogP contribution in [0.15, 0.2) is 42.5 Å². The zero-order valence-corrected chi connectivity index (χ0v) is 11.9. The number of aromatic nitrogens is 2. The topological polar surface area (TPSA) is 47.1 Å². The van der Waals surface area contributed by atoms with Crippen LogP contribution in [0.5, 0.6) is 17.4 Å². The summed E-state index contributed by atoms with van der Waals surface area (Å²) in [6.07, 6.45) is 0.691. The third-order valence-corrected chi connectivity index (χ3v) is 3.70. The van der Waals surface area contributed by atoms with Crippen LogP contribution in [0.4, 0.5) is 4.39 Å². The highest BCUT2D eigenvalue weighted by molar-refractivity contribution is 5.60. The largest absolute Gasteiger partial charge is 0.493 e. The van der Waals surface area contributed by atoms with Crippen LogP contribution in [-0.4, -0.2) is 17.1 Å². The van der Waals surface area contributed by atoms with Crippen molar-refractivity contribution in [2.75, 3.05) is 7.11 Å². The number of methoxy groups -OCH3 is 1. The highest BCUT2D eigenvalue weighted by atomic mass is 19.1. The number of nitrogens with zero attached hydrogens (tertiary/aromatic N) is 1. The van der Waals surface area contributed by atoms with Crippen LogP contribution >= 0.6 is 0 Å². The Morgan fingerprint density at radius 2 is 2.00 bits per heavy atom. The number of nitrogens with one attached hydrogen (secondary N) is 1. The fourth-order valence-electron chi connectivity index (χ4n) is 2.61. The summed E-state index contributed by atoms with van der Waals surface area (Å²) in [5.74, 6) is 2.32. The first-order valence-corrected chi connectivity index (χ1v) is 6.93. The zero-order valence-electron chi connectivity index (χ0n) is 11.9. The van der Waals surface area contributed by atoms with Crippen LogP contribution < -0.4 is 9.47 Å². The Labute approximate surface area is 126 Å². The van der Waals surface area contributed by atoms with Gasteiger partial charge in [0.1, 0.15) is 11.6 Å². The zero-order chi connectivity index (χ0) is 15.1. The maximum atomic E-state index is 13.0. The van der Waals surface area contributed by atoms with Gasteiger partial charge in [0, 0.05) is 17.5 Å². The Bertz CT molecular complexity index is 840. The maximum Gasteiger partial charge on any atom is 0.241 e. The summed E-state index contributed by atoms with van der Waals surface area (Å²) in [5.41, 5.74) is 2.76. The minimum Gasteiger partial charge on any atom is -0.493 e. The molecule has 1 aliphatic rings. The van der Waals surface area contributed by atoms with Crippen molar-refractivity contribution >= 4 is 0 Å². The summed E-state index contributed by atoms with van der Waals surface area (Å²) in [5, 5.41) is 0. The van der Waals surface area contributed by atoms with Crippen LogP contribution in [0.3, 0.4) is 0 Å². The van der Waals surface area contributed by atoms with Crippen molar-refractivity contribution < 1.29 is 13.9 Å². The van der Waals surface area contributed by atoms with Crippen LogP contribution in [0.1, 0.15) is 11.3 Å². The minimum atomic E-state index is -0.270. The van der Waals surface area contributed by atoms with E-state index >= 15 is 0 Å². The molecule has 4 nitrogen and oxygen atoms in total. The van der Waals surface area contributed by atoms with Gasteiger partial charge in [0.25, 0.3) is 0 Å². The van der Waals surface area contributed by atoms with Gasteiger partial charge in [-0.25, -0.2) is 4.39 Å². The first kappa shape index (κ1) is 12.9. The predicted molar refractivity (Wildman–Crippen MR) is 79.9 cm³/mol. The average molecular weight is 296 g/mol. The van der Waals surface area contributed by atoms with E-state index in [1.165, 1.54) is 12.1 Å². The van der Waals surface area contributed by atoms with Crippen molar-refractivity contribution in [1.29, 1.82) is 0 Å². The molecule has 1 N–H and O–H groups in total. The Balaban J connectivity index is 1.74. The quantitative estimate of drug-likeness (QED) is 0.610. The van der Waals surface area contributed by atoms with Crippen LogP contribution in [-0.2, 0) is 6.42 Å². The third-order valence-electron chi connectivity index (χ3n) is 3.70. The van der Waals surface area contributed by atoms with E-state index in [0.717, 1.165) is 16.8 Å². The molecule has 2 aromatic carbocycles. The number of para-hydroxylation sites is 1. The Morgan fingerprint density at radius 3 is 2.77 bits per heavy atom. The van der Waals surface area contributed by atoms with Gasteiger partial charge < -0.3 is 14.5 Å². The van der Waals surface area contributed by atoms with Crippen molar-refractivity contribution in [2.45, 2.75) is 6.42 Å². The first-order valence-electron chi connectivity index (χ1n) is 6.93. The molecule has 0 saturated carbocycles. The molecule has 22 heavy (non-hydrogen) atoms. The van der Waals surface area contributed by atoms with Crippen molar-refractivity contribution in [2.24, 2.45) is 0 Å². The number of ether oxygens (including phenoxy) is 2. The van der Waals surface area contributed by atoms with Crippen LogP contribution in [0.2, 0.25) is 0 Å². The van der Waals surface area contributed by atoms with Gasteiger partial charge in [-0.05, 0) is 30.3 Å². The van der Waals surface area contributed by atoms with Crippen molar-refractivity contribution in [3.63, 3.8) is 0 Å². The Kier molecular flexibility index (Phi) is 2.85. The lowest BCUT2D eigenvalue weighted by molar-refractivity contribution is 0.366. The Morgan fingerprint density at radius 1 is 1.18 bits per heavy atom. The minimum absolute atomic E-state index is 0.270. The van der Waals surface area contributed by atoms with Crippen LogP contribution in [0.25, 0.3) is 11.4 Å². The summed E-state index contributed by atoms with van der Waals surface area (Å²) in [7, 11) is 1.61. The molecule has 110 valence electrons. The molecule has 0 radical (unpaired) electrons. The molecule has 0 fully saturated rings. The van der Waals surface area contributed by atoms with Crippen molar-refractivity contribution in [1.82, 2.24) is 9.97 Å². The monoisotopic (exact) mass is 296 g/mol.